The van der Waals surface area contributed by atoms with Gasteiger partial charge in [-0.25, -0.2) is 0 Å². The number of carbonyl (C=O) groups excluding carboxylic acids is 2. The van der Waals surface area contributed by atoms with Crippen LogP contribution in [0.1, 0.15) is 47.3 Å². The van der Waals surface area contributed by atoms with Crippen LogP contribution in [0.5, 0.6) is 5.75 Å². The van der Waals surface area contributed by atoms with Crippen molar-refractivity contribution in [2.45, 2.75) is 32.7 Å². The first kappa shape index (κ1) is 20.9. The SMILES string of the molecule is CCCOc1ccc(C(CC(=O)[O-])NC(=O)c2cccc([N+](=O)[O-])c2C)cc1. The Labute approximate surface area is 162 Å². The maximum Gasteiger partial charge on any atom is 0.273 e. The number of rotatable bonds is 9. The van der Waals surface area contributed by atoms with Crippen molar-refractivity contribution in [3.05, 3.63) is 69.3 Å². The molecule has 1 atom stereocenters. The van der Waals surface area contributed by atoms with E-state index in [1.54, 1.807) is 24.3 Å². The number of carbonyl (C=O) groups is 2. The minimum Gasteiger partial charge on any atom is -0.550 e. The van der Waals surface area contributed by atoms with Gasteiger partial charge in [0.05, 0.1) is 17.6 Å². The molecule has 0 aliphatic carbocycles. The summed E-state index contributed by atoms with van der Waals surface area (Å²) in [6.45, 7) is 4.01. The second-order valence-electron chi connectivity index (χ2n) is 6.23. The van der Waals surface area contributed by atoms with Crippen LogP contribution in [0, 0.1) is 17.0 Å². The van der Waals surface area contributed by atoms with Crippen molar-refractivity contribution in [3.8, 4) is 5.75 Å². The van der Waals surface area contributed by atoms with Crippen LogP contribution in [0.25, 0.3) is 0 Å². The van der Waals surface area contributed by atoms with Crippen LogP contribution in [-0.2, 0) is 4.79 Å². The quantitative estimate of drug-likeness (QED) is 0.522. The van der Waals surface area contributed by atoms with Crippen molar-refractivity contribution >= 4 is 17.6 Å². The van der Waals surface area contributed by atoms with E-state index in [0.717, 1.165) is 6.42 Å². The molecule has 8 nitrogen and oxygen atoms in total. The molecule has 2 aromatic carbocycles. The highest BCUT2D eigenvalue weighted by atomic mass is 16.6. The molecule has 2 aromatic rings. The third-order valence-electron chi connectivity index (χ3n) is 4.18. The number of aliphatic carboxylic acids is 1. The smallest absolute Gasteiger partial charge is 0.273 e. The van der Waals surface area contributed by atoms with E-state index in [1.165, 1.54) is 25.1 Å². The number of nitrogens with zero attached hydrogens (tertiary/aromatic N) is 1. The van der Waals surface area contributed by atoms with E-state index in [-0.39, 0.29) is 16.8 Å². The third-order valence-corrected chi connectivity index (χ3v) is 4.18. The zero-order chi connectivity index (χ0) is 20.7. The van der Waals surface area contributed by atoms with Gasteiger partial charge in [-0.2, -0.15) is 0 Å². The summed E-state index contributed by atoms with van der Waals surface area (Å²) in [4.78, 5) is 34.3. The first-order valence-electron chi connectivity index (χ1n) is 8.81. The van der Waals surface area contributed by atoms with Gasteiger partial charge in [0.25, 0.3) is 11.6 Å². The average Bonchev–Trinajstić information content (AvgIpc) is 2.65. The lowest BCUT2D eigenvalue weighted by molar-refractivity contribution is -0.385. The van der Waals surface area contributed by atoms with Gasteiger partial charge < -0.3 is 20.0 Å². The standard InChI is InChI=1S/C20H22N2O6/c1-3-11-28-15-9-7-14(8-10-15)17(12-19(23)24)21-20(25)16-5-4-6-18(13(16)2)22(26)27/h4-10,17H,3,11-12H2,1-2H3,(H,21,25)(H,23,24)/p-1. The first-order chi connectivity index (χ1) is 13.3. The Balaban J connectivity index is 2.25. The van der Waals surface area contributed by atoms with Gasteiger partial charge in [0.15, 0.2) is 0 Å². The van der Waals surface area contributed by atoms with Crippen LogP contribution < -0.4 is 15.2 Å². The normalized spacial score (nSPS) is 11.5. The second kappa shape index (κ2) is 9.50. The molecule has 0 aliphatic heterocycles. The Morgan fingerprint density at radius 1 is 1.18 bits per heavy atom. The van der Waals surface area contributed by atoms with Crippen LogP contribution in [0.15, 0.2) is 42.5 Å². The molecule has 2 rings (SSSR count). The summed E-state index contributed by atoms with van der Waals surface area (Å²) in [5, 5.41) is 24.8. The fraction of sp³-hybridized carbons (Fsp3) is 0.300. The summed E-state index contributed by atoms with van der Waals surface area (Å²) in [6.07, 6.45) is 0.419. The van der Waals surface area contributed by atoms with Gasteiger partial charge in [-0.3, -0.25) is 14.9 Å². The minimum atomic E-state index is -1.33. The second-order valence-corrected chi connectivity index (χ2v) is 6.23. The Kier molecular flexibility index (Phi) is 7.08. The number of carboxylic acids is 1. The van der Waals surface area contributed by atoms with Crippen molar-refractivity contribution in [2.75, 3.05) is 6.61 Å². The van der Waals surface area contributed by atoms with Crippen LogP contribution in [0.4, 0.5) is 5.69 Å². The van der Waals surface area contributed by atoms with Crippen molar-refractivity contribution < 1.29 is 24.4 Å². The number of benzene rings is 2. The van der Waals surface area contributed by atoms with E-state index in [2.05, 4.69) is 5.32 Å². The molecule has 0 radical (unpaired) electrons. The fourth-order valence-corrected chi connectivity index (χ4v) is 2.74. The van der Waals surface area contributed by atoms with Crippen LogP contribution in [-0.4, -0.2) is 23.4 Å². The Morgan fingerprint density at radius 3 is 2.43 bits per heavy atom. The van der Waals surface area contributed by atoms with Crippen LogP contribution in [0.2, 0.25) is 0 Å². The van der Waals surface area contributed by atoms with Crippen molar-refractivity contribution in [3.63, 3.8) is 0 Å². The van der Waals surface area contributed by atoms with E-state index in [0.29, 0.717) is 17.9 Å². The molecule has 0 fully saturated rings. The van der Waals surface area contributed by atoms with E-state index in [1.807, 2.05) is 6.92 Å². The molecule has 1 N–H and O–H groups in total. The van der Waals surface area contributed by atoms with Gasteiger partial charge in [-0.15, -0.1) is 0 Å². The highest BCUT2D eigenvalue weighted by Gasteiger charge is 2.21. The number of hydrogen-bond donors (Lipinski definition) is 1. The molecule has 0 heterocycles. The zero-order valence-electron chi connectivity index (χ0n) is 15.6. The zero-order valence-corrected chi connectivity index (χ0v) is 15.6. The van der Waals surface area contributed by atoms with E-state index in [4.69, 9.17) is 4.74 Å². The molecule has 0 aliphatic rings. The molecule has 148 valence electrons. The number of nitro groups is 1. The summed E-state index contributed by atoms with van der Waals surface area (Å²) in [5.74, 6) is -1.29. The minimum absolute atomic E-state index is 0.112. The Hall–Kier alpha value is -3.42. The molecule has 0 spiro atoms. The van der Waals surface area contributed by atoms with Gasteiger partial charge in [0.2, 0.25) is 0 Å². The molecule has 0 saturated carbocycles. The number of hydrogen-bond acceptors (Lipinski definition) is 6. The fourth-order valence-electron chi connectivity index (χ4n) is 2.74. The summed E-state index contributed by atoms with van der Waals surface area (Å²) in [7, 11) is 0. The number of nitro benzene ring substituents is 1. The number of ether oxygens (including phenoxy) is 1. The molecule has 0 saturated heterocycles. The third kappa shape index (κ3) is 5.29. The predicted molar refractivity (Wildman–Crippen MR) is 99.9 cm³/mol. The van der Waals surface area contributed by atoms with Crippen LogP contribution in [0.3, 0.4) is 0 Å². The molecular formula is C20H21N2O6-. The van der Waals surface area contributed by atoms with Crippen LogP contribution >= 0.6 is 0 Å². The maximum atomic E-state index is 12.6. The average molecular weight is 385 g/mol. The molecule has 0 bridgehead atoms. The predicted octanol–water partition coefficient (Wildman–Crippen LogP) is 2.30. The number of nitrogens with one attached hydrogen (secondary N) is 1. The van der Waals surface area contributed by atoms with E-state index >= 15 is 0 Å². The van der Waals surface area contributed by atoms with Gasteiger partial charge >= 0.3 is 0 Å². The van der Waals surface area contributed by atoms with Gasteiger partial charge in [-0.1, -0.05) is 25.1 Å². The Bertz CT molecular complexity index is 863. The molecule has 8 heteroatoms. The molecule has 1 unspecified atom stereocenters. The van der Waals surface area contributed by atoms with Gasteiger partial charge in [0.1, 0.15) is 5.75 Å². The van der Waals surface area contributed by atoms with E-state index in [9.17, 15) is 24.8 Å². The molecule has 1 amide bonds. The lowest BCUT2D eigenvalue weighted by Crippen LogP contribution is -2.34. The molecule has 0 aromatic heterocycles. The summed E-state index contributed by atoms with van der Waals surface area (Å²) in [5.41, 5.74) is 0.701. The highest BCUT2D eigenvalue weighted by Crippen LogP contribution is 2.24. The van der Waals surface area contributed by atoms with Crippen molar-refractivity contribution in [1.29, 1.82) is 0 Å². The van der Waals surface area contributed by atoms with Crippen molar-refractivity contribution in [2.24, 2.45) is 0 Å². The van der Waals surface area contributed by atoms with Crippen molar-refractivity contribution in [1.82, 2.24) is 5.32 Å². The van der Waals surface area contributed by atoms with E-state index < -0.39 is 29.3 Å². The number of carboxylic acid groups (broad SMARTS) is 1. The summed E-state index contributed by atoms with van der Waals surface area (Å²) < 4.78 is 5.49. The maximum absolute atomic E-state index is 12.6. The lowest BCUT2D eigenvalue weighted by Gasteiger charge is -2.20. The first-order valence-corrected chi connectivity index (χ1v) is 8.81. The highest BCUT2D eigenvalue weighted by molar-refractivity contribution is 5.97. The lowest BCUT2D eigenvalue weighted by atomic mass is 10.0. The monoisotopic (exact) mass is 385 g/mol. The Morgan fingerprint density at radius 2 is 1.86 bits per heavy atom. The molecule has 28 heavy (non-hydrogen) atoms. The number of amides is 1. The van der Waals surface area contributed by atoms with Gasteiger partial charge in [-0.05, 0) is 37.1 Å². The largest absolute Gasteiger partial charge is 0.550 e. The topological polar surface area (TPSA) is 122 Å². The van der Waals surface area contributed by atoms with Gasteiger partial charge in [0, 0.05) is 29.6 Å². The molecular weight excluding hydrogens is 364 g/mol. The summed E-state index contributed by atoms with van der Waals surface area (Å²) in [6, 6.07) is 10.0. The summed E-state index contributed by atoms with van der Waals surface area (Å²) >= 11 is 0.